The molecule has 2 atom stereocenters. The van der Waals surface area contributed by atoms with E-state index in [2.05, 4.69) is 12.2 Å². The highest BCUT2D eigenvalue weighted by Gasteiger charge is 2.30. The maximum absolute atomic E-state index is 12.6. The van der Waals surface area contributed by atoms with Crippen LogP contribution >= 0.6 is 23.7 Å². The molecule has 1 saturated heterocycles. The molecule has 0 bridgehead atoms. The van der Waals surface area contributed by atoms with E-state index in [0.29, 0.717) is 19.0 Å². The zero-order valence-electron chi connectivity index (χ0n) is 13.0. The van der Waals surface area contributed by atoms with E-state index in [0.717, 1.165) is 29.1 Å². The maximum atomic E-state index is 12.6. The second kappa shape index (κ2) is 8.50. The van der Waals surface area contributed by atoms with Crippen molar-refractivity contribution in [1.82, 2.24) is 10.2 Å². The Morgan fingerprint density at radius 1 is 1.45 bits per heavy atom. The van der Waals surface area contributed by atoms with Crippen molar-refractivity contribution in [3.8, 4) is 0 Å². The molecule has 5 nitrogen and oxygen atoms in total. The lowest BCUT2D eigenvalue weighted by Crippen LogP contribution is -2.49. The molecule has 1 aromatic heterocycles. The quantitative estimate of drug-likeness (QED) is 0.876. The minimum atomic E-state index is -0.0653. The van der Waals surface area contributed by atoms with Gasteiger partial charge in [-0.1, -0.05) is 6.92 Å². The topological polar surface area (TPSA) is 75.4 Å². The van der Waals surface area contributed by atoms with Gasteiger partial charge in [-0.15, -0.1) is 23.7 Å². The Morgan fingerprint density at radius 2 is 2.18 bits per heavy atom. The minimum Gasteiger partial charge on any atom is -0.351 e. The molecule has 7 heteroatoms. The van der Waals surface area contributed by atoms with Gasteiger partial charge in [0, 0.05) is 30.9 Å². The molecule has 1 fully saturated rings. The number of thiophene rings is 1. The van der Waals surface area contributed by atoms with Gasteiger partial charge in [0.2, 0.25) is 5.91 Å². The first-order valence-electron chi connectivity index (χ1n) is 7.35. The highest BCUT2D eigenvalue weighted by molar-refractivity contribution is 7.14. The van der Waals surface area contributed by atoms with Crippen molar-refractivity contribution in [2.75, 3.05) is 13.1 Å². The van der Waals surface area contributed by atoms with Crippen molar-refractivity contribution in [3.63, 3.8) is 0 Å². The van der Waals surface area contributed by atoms with Crippen molar-refractivity contribution < 1.29 is 9.59 Å². The van der Waals surface area contributed by atoms with E-state index in [-0.39, 0.29) is 30.3 Å². The van der Waals surface area contributed by atoms with Gasteiger partial charge in [-0.25, -0.2) is 0 Å². The zero-order valence-corrected chi connectivity index (χ0v) is 14.6. The van der Waals surface area contributed by atoms with Crippen molar-refractivity contribution in [1.29, 1.82) is 0 Å². The first-order chi connectivity index (χ1) is 10.0. The Balaban J connectivity index is 0.00000242. The van der Waals surface area contributed by atoms with Crippen LogP contribution in [0.5, 0.6) is 0 Å². The number of rotatable bonds is 4. The van der Waals surface area contributed by atoms with Crippen LogP contribution in [0.1, 0.15) is 41.2 Å². The molecule has 3 N–H and O–H groups in total. The second-order valence-electron chi connectivity index (χ2n) is 5.69. The summed E-state index contributed by atoms with van der Waals surface area (Å²) in [5.41, 5.74) is 5.82. The van der Waals surface area contributed by atoms with Gasteiger partial charge in [0.05, 0.1) is 11.4 Å². The van der Waals surface area contributed by atoms with Gasteiger partial charge in [0.15, 0.2) is 0 Å². The van der Waals surface area contributed by atoms with Crippen LogP contribution in [-0.2, 0) is 11.3 Å². The van der Waals surface area contributed by atoms with Gasteiger partial charge in [-0.05, 0) is 30.9 Å². The van der Waals surface area contributed by atoms with Crippen molar-refractivity contribution in [3.05, 3.63) is 21.9 Å². The molecular formula is C15H24ClN3O2S. The molecular weight excluding hydrogens is 322 g/mol. The lowest BCUT2D eigenvalue weighted by atomic mass is 9.92. The monoisotopic (exact) mass is 345 g/mol. The van der Waals surface area contributed by atoms with Crippen LogP contribution in [0, 0.1) is 5.92 Å². The van der Waals surface area contributed by atoms with E-state index < -0.39 is 0 Å². The van der Waals surface area contributed by atoms with Crippen LogP contribution in [0.4, 0.5) is 0 Å². The number of amides is 2. The lowest BCUT2D eigenvalue weighted by Gasteiger charge is -2.37. The first-order valence-corrected chi connectivity index (χ1v) is 8.17. The predicted molar refractivity (Wildman–Crippen MR) is 91.4 cm³/mol. The fourth-order valence-electron chi connectivity index (χ4n) is 2.68. The average molecular weight is 346 g/mol. The molecule has 124 valence electrons. The number of likely N-dealkylation sites (tertiary alicyclic amines) is 1. The molecule has 1 aliphatic heterocycles. The van der Waals surface area contributed by atoms with Crippen LogP contribution in [0.3, 0.4) is 0 Å². The summed E-state index contributed by atoms with van der Waals surface area (Å²) >= 11 is 1.44. The standard InChI is InChI=1S/C15H23N3O2S.ClH/c1-10-5-6-18(12(7-10)8-16)15(20)14-4-3-13(21-14)9-17-11(2)19;/h3-4,10,12H,5-9,16H2,1-2H3,(H,17,19);1H. The van der Waals surface area contributed by atoms with Gasteiger partial charge >= 0.3 is 0 Å². The minimum absolute atomic E-state index is 0. The molecule has 2 rings (SSSR count). The van der Waals surface area contributed by atoms with Gasteiger partial charge in [0.25, 0.3) is 5.91 Å². The van der Waals surface area contributed by atoms with E-state index in [1.54, 1.807) is 0 Å². The van der Waals surface area contributed by atoms with Crippen molar-refractivity contribution in [2.24, 2.45) is 11.7 Å². The normalized spacial score (nSPS) is 21.1. The van der Waals surface area contributed by atoms with Crippen molar-refractivity contribution >= 4 is 35.6 Å². The molecule has 2 unspecified atom stereocenters. The molecule has 22 heavy (non-hydrogen) atoms. The fourth-order valence-corrected chi connectivity index (χ4v) is 3.59. The Morgan fingerprint density at radius 3 is 2.82 bits per heavy atom. The summed E-state index contributed by atoms with van der Waals surface area (Å²) < 4.78 is 0. The number of hydrogen-bond acceptors (Lipinski definition) is 4. The highest BCUT2D eigenvalue weighted by Crippen LogP contribution is 2.26. The number of halogens is 1. The number of nitrogens with one attached hydrogen (secondary N) is 1. The molecule has 0 aromatic carbocycles. The summed E-state index contributed by atoms with van der Waals surface area (Å²) in [6, 6.07) is 3.88. The maximum Gasteiger partial charge on any atom is 0.264 e. The third kappa shape index (κ3) is 4.69. The largest absolute Gasteiger partial charge is 0.351 e. The fraction of sp³-hybridized carbons (Fsp3) is 0.600. The zero-order chi connectivity index (χ0) is 15.4. The average Bonchev–Trinajstić information content (AvgIpc) is 2.93. The summed E-state index contributed by atoms with van der Waals surface area (Å²) in [6.07, 6.45) is 2.01. The van der Waals surface area contributed by atoms with Crippen LogP contribution < -0.4 is 11.1 Å². The predicted octanol–water partition coefficient (Wildman–Crippen LogP) is 2.01. The molecule has 0 spiro atoms. The van der Waals surface area contributed by atoms with Gasteiger partial charge in [-0.2, -0.15) is 0 Å². The Hall–Kier alpha value is -1.11. The van der Waals surface area contributed by atoms with Gasteiger partial charge in [-0.3, -0.25) is 9.59 Å². The Bertz CT molecular complexity index is 521. The van der Waals surface area contributed by atoms with Crippen molar-refractivity contribution in [2.45, 2.75) is 39.3 Å². The van der Waals surface area contributed by atoms with E-state index in [1.165, 1.54) is 18.3 Å². The summed E-state index contributed by atoms with van der Waals surface area (Å²) in [6.45, 7) is 5.47. The summed E-state index contributed by atoms with van der Waals surface area (Å²) in [4.78, 5) is 27.2. The SMILES string of the molecule is CC(=O)NCc1ccc(C(=O)N2CCC(C)CC2CN)s1.Cl. The van der Waals surface area contributed by atoms with Crippen LogP contribution in [-0.4, -0.2) is 35.8 Å². The molecule has 1 aromatic rings. The lowest BCUT2D eigenvalue weighted by molar-refractivity contribution is -0.119. The third-order valence-electron chi connectivity index (χ3n) is 3.89. The number of hydrogen-bond donors (Lipinski definition) is 2. The summed E-state index contributed by atoms with van der Waals surface area (Å²) in [5.74, 6) is 0.627. The molecule has 0 aliphatic carbocycles. The number of carbonyl (C=O) groups excluding carboxylic acids is 2. The molecule has 0 saturated carbocycles. The van der Waals surface area contributed by atoms with Crippen LogP contribution in [0.2, 0.25) is 0 Å². The van der Waals surface area contributed by atoms with E-state index >= 15 is 0 Å². The third-order valence-corrected chi connectivity index (χ3v) is 4.97. The van der Waals surface area contributed by atoms with Crippen LogP contribution in [0.15, 0.2) is 12.1 Å². The first kappa shape index (κ1) is 18.9. The summed E-state index contributed by atoms with van der Waals surface area (Å²) in [5, 5.41) is 2.75. The summed E-state index contributed by atoms with van der Waals surface area (Å²) in [7, 11) is 0. The van der Waals surface area contributed by atoms with Gasteiger partial charge < -0.3 is 16.0 Å². The molecule has 0 radical (unpaired) electrons. The molecule has 1 aliphatic rings. The van der Waals surface area contributed by atoms with E-state index in [9.17, 15) is 9.59 Å². The smallest absolute Gasteiger partial charge is 0.264 e. The number of piperidine rings is 1. The molecule has 2 heterocycles. The van der Waals surface area contributed by atoms with E-state index in [1.807, 2.05) is 17.0 Å². The van der Waals surface area contributed by atoms with Gasteiger partial charge in [0.1, 0.15) is 0 Å². The Kier molecular flexibility index (Phi) is 7.32. The Labute approximate surface area is 141 Å². The number of nitrogens with two attached hydrogens (primary N) is 1. The number of nitrogens with zero attached hydrogens (tertiary/aromatic N) is 1. The second-order valence-corrected chi connectivity index (χ2v) is 6.86. The van der Waals surface area contributed by atoms with E-state index in [4.69, 9.17) is 5.73 Å². The van der Waals surface area contributed by atoms with Crippen LogP contribution in [0.25, 0.3) is 0 Å². The molecule has 2 amide bonds. The number of carbonyl (C=O) groups is 2. The highest BCUT2D eigenvalue weighted by atomic mass is 35.5.